The van der Waals surface area contributed by atoms with Crippen molar-refractivity contribution in [2.45, 2.75) is 13.5 Å². The third-order valence-electron chi connectivity index (χ3n) is 4.55. The van der Waals surface area contributed by atoms with Gasteiger partial charge in [0.15, 0.2) is 0 Å². The lowest BCUT2D eigenvalue weighted by molar-refractivity contribution is -0.138. The molecule has 2 aromatic carbocycles. The maximum absolute atomic E-state index is 13.1. The van der Waals surface area contributed by atoms with E-state index in [4.69, 9.17) is 11.6 Å². The predicted molar refractivity (Wildman–Crippen MR) is 105 cm³/mol. The van der Waals surface area contributed by atoms with Crippen LogP contribution in [0.4, 0.5) is 0 Å². The summed E-state index contributed by atoms with van der Waals surface area (Å²) >= 11 is 5.96. The van der Waals surface area contributed by atoms with Crippen LogP contribution in [0.3, 0.4) is 0 Å². The van der Waals surface area contributed by atoms with Gasteiger partial charge < -0.3 is 10.0 Å². The van der Waals surface area contributed by atoms with Gasteiger partial charge in [-0.05, 0) is 30.2 Å². The highest BCUT2D eigenvalue weighted by Crippen LogP contribution is 2.32. The van der Waals surface area contributed by atoms with Gasteiger partial charge in [-0.25, -0.2) is 0 Å². The fraction of sp³-hybridized carbons (Fsp3) is 0.238. The molecule has 0 atom stereocenters. The molecule has 0 bridgehead atoms. The molecule has 0 aromatic heterocycles. The van der Waals surface area contributed by atoms with E-state index in [0.717, 1.165) is 11.1 Å². The number of likely N-dealkylation sites (N-methyl/N-ethyl adjacent to an activating group) is 1. The topological polar surface area (TPSA) is 60.9 Å². The first kappa shape index (κ1) is 19.1. The Bertz CT molecular complexity index is 889. The Balaban J connectivity index is 1.99. The van der Waals surface area contributed by atoms with E-state index < -0.39 is 0 Å². The zero-order chi connectivity index (χ0) is 19.6. The van der Waals surface area contributed by atoms with E-state index in [1.165, 1.54) is 4.90 Å². The van der Waals surface area contributed by atoms with E-state index in [0.29, 0.717) is 21.9 Å². The second-order valence-corrected chi connectivity index (χ2v) is 6.99. The first-order valence-corrected chi connectivity index (χ1v) is 9.04. The molecule has 6 heteroatoms. The Kier molecular flexibility index (Phi) is 5.63. The zero-order valence-corrected chi connectivity index (χ0v) is 16.0. The number of aliphatic hydroxyl groups is 1. The van der Waals surface area contributed by atoms with E-state index in [1.807, 2.05) is 31.2 Å². The SMILES string of the molecule is Cc1ccc(CN2C(=O)C(c3ccc(Cl)cc3)=C(N(C)CCO)C2=O)cc1. The van der Waals surface area contributed by atoms with Crippen LogP contribution in [-0.4, -0.2) is 46.9 Å². The number of aryl methyl sites for hydroxylation is 1. The molecule has 1 aliphatic rings. The molecule has 0 aliphatic carbocycles. The highest BCUT2D eigenvalue weighted by molar-refractivity contribution is 6.35. The first-order chi connectivity index (χ1) is 12.9. The molecule has 0 saturated heterocycles. The summed E-state index contributed by atoms with van der Waals surface area (Å²) in [4.78, 5) is 29.0. The average molecular weight is 385 g/mol. The van der Waals surface area contributed by atoms with Crippen LogP contribution in [0.5, 0.6) is 0 Å². The molecule has 3 rings (SSSR count). The summed E-state index contributed by atoms with van der Waals surface area (Å²) in [6.07, 6.45) is 0. The zero-order valence-electron chi connectivity index (χ0n) is 15.3. The molecule has 5 nitrogen and oxygen atoms in total. The summed E-state index contributed by atoms with van der Waals surface area (Å²) in [7, 11) is 1.70. The lowest BCUT2D eigenvalue weighted by Gasteiger charge is -2.20. The number of amides is 2. The molecule has 0 spiro atoms. The number of imide groups is 1. The van der Waals surface area contributed by atoms with Gasteiger partial charge in [-0.3, -0.25) is 14.5 Å². The van der Waals surface area contributed by atoms with Crippen LogP contribution in [0.25, 0.3) is 5.57 Å². The summed E-state index contributed by atoms with van der Waals surface area (Å²) in [5, 5.41) is 9.83. The molecule has 140 valence electrons. The van der Waals surface area contributed by atoms with Crippen LogP contribution >= 0.6 is 11.6 Å². The predicted octanol–water partition coefficient (Wildman–Crippen LogP) is 2.85. The lowest BCUT2D eigenvalue weighted by Crippen LogP contribution is -2.34. The number of carbonyl (C=O) groups is 2. The van der Waals surface area contributed by atoms with E-state index in [2.05, 4.69) is 0 Å². The molecule has 2 amide bonds. The third-order valence-corrected chi connectivity index (χ3v) is 4.81. The molecule has 2 aromatic rings. The van der Waals surface area contributed by atoms with Crippen molar-refractivity contribution in [2.75, 3.05) is 20.2 Å². The van der Waals surface area contributed by atoms with Crippen molar-refractivity contribution in [3.8, 4) is 0 Å². The fourth-order valence-corrected chi connectivity index (χ4v) is 3.20. The smallest absolute Gasteiger partial charge is 0.278 e. The van der Waals surface area contributed by atoms with Crippen molar-refractivity contribution >= 4 is 29.0 Å². The minimum absolute atomic E-state index is 0.118. The van der Waals surface area contributed by atoms with Gasteiger partial charge in [0.05, 0.1) is 18.7 Å². The molecule has 1 N–H and O–H groups in total. The summed E-state index contributed by atoms with van der Waals surface area (Å²) in [5.74, 6) is -0.704. The van der Waals surface area contributed by atoms with Crippen molar-refractivity contribution < 1.29 is 14.7 Å². The Morgan fingerprint density at radius 1 is 1.00 bits per heavy atom. The Labute approximate surface area is 163 Å². The second-order valence-electron chi connectivity index (χ2n) is 6.56. The maximum atomic E-state index is 13.1. The van der Waals surface area contributed by atoms with Gasteiger partial charge in [0, 0.05) is 18.6 Å². The number of halogens is 1. The highest BCUT2D eigenvalue weighted by Gasteiger charge is 2.40. The molecular formula is C21H21ClN2O3. The van der Waals surface area contributed by atoms with Crippen LogP contribution < -0.4 is 0 Å². The molecule has 0 unspecified atom stereocenters. The molecular weight excluding hydrogens is 364 g/mol. The van der Waals surface area contributed by atoms with Gasteiger partial charge in [-0.15, -0.1) is 0 Å². The quantitative estimate of drug-likeness (QED) is 0.778. The summed E-state index contributed by atoms with van der Waals surface area (Å²) < 4.78 is 0. The number of nitrogens with zero attached hydrogens (tertiary/aromatic N) is 2. The van der Waals surface area contributed by atoms with Gasteiger partial charge in [0.1, 0.15) is 5.70 Å². The lowest BCUT2D eigenvalue weighted by atomic mass is 10.0. The van der Waals surface area contributed by atoms with Gasteiger partial charge >= 0.3 is 0 Å². The van der Waals surface area contributed by atoms with Gasteiger partial charge in [0.2, 0.25) is 0 Å². The third kappa shape index (κ3) is 3.89. The molecule has 27 heavy (non-hydrogen) atoms. The maximum Gasteiger partial charge on any atom is 0.278 e. The molecule has 0 radical (unpaired) electrons. The molecule has 1 aliphatic heterocycles. The number of benzene rings is 2. The summed E-state index contributed by atoms with van der Waals surface area (Å²) in [6.45, 7) is 2.32. The summed E-state index contributed by atoms with van der Waals surface area (Å²) in [5.41, 5.74) is 3.25. The monoisotopic (exact) mass is 384 g/mol. The average Bonchev–Trinajstić information content (AvgIpc) is 2.89. The minimum atomic E-state index is -0.360. The van der Waals surface area contributed by atoms with Gasteiger partial charge in [0.25, 0.3) is 11.8 Å². The Hall–Kier alpha value is -2.63. The van der Waals surface area contributed by atoms with Crippen LogP contribution in [0.2, 0.25) is 5.02 Å². The number of hydrogen-bond donors (Lipinski definition) is 1. The first-order valence-electron chi connectivity index (χ1n) is 8.66. The van der Waals surface area contributed by atoms with E-state index in [1.54, 1.807) is 36.2 Å². The van der Waals surface area contributed by atoms with Crippen molar-refractivity contribution in [1.29, 1.82) is 0 Å². The van der Waals surface area contributed by atoms with E-state index >= 15 is 0 Å². The van der Waals surface area contributed by atoms with Crippen molar-refractivity contribution in [2.24, 2.45) is 0 Å². The minimum Gasteiger partial charge on any atom is -0.395 e. The van der Waals surface area contributed by atoms with Crippen LogP contribution in [0.1, 0.15) is 16.7 Å². The highest BCUT2D eigenvalue weighted by atomic mass is 35.5. The standard InChI is InChI=1S/C21H21ClN2O3/c1-14-3-5-15(6-4-14)13-24-20(26)18(16-7-9-17(22)10-8-16)19(21(24)27)23(2)11-12-25/h3-10,25H,11-13H2,1-2H3. The van der Waals surface area contributed by atoms with Crippen molar-refractivity contribution in [3.05, 3.63) is 75.9 Å². The molecule has 1 heterocycles. The van der Waals surface area contributed by atoms with Gasteiger partial charge in [-0.2, -0.15) is 0 Å². The van der Waals surface area contributed by atoms with Crippen molar-refractivity contribution in [3.63, 3.8) is 0 Å². The van der Waals surface area contributed by atoms with E-state index in [-0.39, 0.29) is 31.5 Å². The normalized spacial score (nSPS) is 14.3. The Morgan fingerprint density at radius 3 is 2.22 bits per heavy atom. The van der Waals surface area contributed by atoms with Crippen LogP contribution in [-0.2, 0) is 16.1 Å². The second kappa shape index (κ2) is 7.94. The van der Waals surface area contributed by atoms with Crippen LogP contribution in [0.15, 0.2) is 54.2 Å². The molecule has 0 saturated carbocycles. The van der Waals surface area contributed by atoms with Gasteiger partial charge in [-0.1, -0.05) is 53.6 Å². The summed E-state index contributed by atoms with van der Waals surface area (Å²) in [6, 6.07) is 14.6. The number of rotatable bonds is 6. The van der Waals surface area contributed by atoms with E-state index in [9.17, 15) is 14.7 Å². The number of aliphatic hydroxyl groups excluding tert-OH is 1. The fourth-order valence-electron chi connectivity index (χ4n) is 3.08. The molecule has 0 fully saturated rings. The number of carbonyl (C=O) groups excluding carboxylic acids is 2. The Morgan fingerprint density at radius 2 is 1.63 bits per heavy atom. The largest absolute Gasteiger partial charge is 0.395 e. The van der Waals surface area contributed by atoms with Crippen LogP contribution in [0, 0.1) is 6.92 Å². The number of hydrogen-bond acceptors (Lipinski definition) is 4. The van der Waals surface area contributed by atoms with Crippen molar-refractivity contribution in [1.82, 2.24) is 9.80 Å².